The summed E-state index contributed by atoms with van der Waals surface area (Å²) >= 11 is 5.41. The van der Waals surface area contributed by atoms with Gasteiger partial charge in [-0.3, -0.25) is 14.3 Å². The standard InChI is InChI=1S/C6H7ClN2O2/c1-2-9-5(10)3-4(7)8-6(9)11/h3H,2H2,1H3,(H,8,11). The van der Waals surface area contributed by atoms with Gasteiger partial charge < -0.3 is 0 Å². The highest BCUT2D eigenvalue weighted by Gasteiger charge is 1.98. The first-order chi connectivity index (χ1) is 5.15. The molecule has 60 valence electrons. The SMILES string of the molecule is CCn1c(=O)cc(Cl)[nH]c1=O. The van der Waals surface area contributed by atoms with Gasteiger partial charge in [0.25, 0.3) is 5.56 Å². The molecule has 0 spiro atoms. The van der Waals surface area contributed by atoms with E-state index in [2.05, 4.69) is 4.98 Å². The predicted molar refractivity (Wildman–Crippen MR) is 42.0 cm³/mol. The molecule has 4 nitrogen and oxygen atoms in total. The second-order valence-electron chi connectivity index (χ2n) is 2.00. The smallest absolute Gasteiger partial charge is 0.298 e. The Morgan fingerprint density at radius 2 is 2.27 bits per heavy atom. The van der Waals surface area contributed by atoms with Gasteiger partial charge in [0.15, 0.2) is 0 Å². The Balaban J connectivity index is 3.50. The first-order valence-corrected chi connectivity index (χ1v) is 3.52. The molecule has 0 aliphatic carbocycles. The molecule has 1 aromatic rings. The van der Waals surface area contributed by atoms with Crippen LogP contribution in [0.4, 0.5) is 0 Å². The molecule has 0 unspecified atom stereocenters. The monoisotopic (exact) mass is 174 g/mol. The van der Waals surface area contributed by atoms with Gasteiger partial charge in [0.2, 0.25) is 0 Å². The maximum Gasteiger partial charge on any atom is 0.329 e. The normalized spacial score (nSPS) is 10.0. The summed E-state index contributed by atoms with van der Waals surface area (Å²) in [6.07, 6.45) is 0. The highest BCUT2D eigenvalue weighted by atomic mass is 35.5. The van der Waals surface area contributed by atoms with Crippen LogP contribution in [0.15, 0.2) is 15.7 Å². The average Bonchev–Trinajstić information content (AvgIpc) is 1.85. The fourth-order valence-electron chi connectivity index (χ4n) is 0.792. The average molecular weight is 175 g/mol. The molecule has 1 rings (SSSR count). The van der Waals surface area contributed by atoms with E-state index in [4.69, 9.17) is 11.6 Å². The van der Waals surface area contributed by atoms with E-state index in [0.29, 0.717) is 6.54 Å². The van der Waals surface area contributed by atoms with Crippen molar-refractivity contribution < 1.29 is 0 Å². The number of nitrogens with zero attached hydrogens (tertiary/aromatic N) is 1. The van der Waals surface area contributed by atoms with Gasteiger partial charge in [-0.2, -0.15) is 0 Å². The zero-order chi connectivity index (χ0) is 8.43. The van der Waals surface area contributed by atoms with E-state index < -0.39 is 5.69 Å². The van der Waals surface area contributed by atoms with Crippen LogP contribution in [0.5, 0.6) is 0 Å². The first-order valence-electron chi connectivity index (χ1n) is 3.15. The number of hydrogen-bond donors (Lipinski definition) is 1. The lowest BCUT2D eigenvalue weighted by Gasteiger charge is -1.97. The molecular weight excluding hydrogens is 168 g/mol. The minimum atomic E-state index is -0.468. The number of rotatable bonds is 1. The van der Waals surface area contributed by atoms with Crippen LogP contribution in [0.25, 0.3) is 0 Å². The summed E-state index contributed by atoms with van der Waals surface area (Å²) in [7, 11) is 0. The summed E-state index contributed by atoms with van der Waals surface area (Å²) in [6, 6.07) is 1.17. The third kappa shape index (κ3) is 1.51. The quantitative estimate of drug-likeness (QED) is 0.619. The van der Waals surface area contributed by atoms with Crippen LogP contribution in [-0.4, -0.2) is 9.55 Å². The molecule has 1 aromatic heterocycles. The van der Waals surface area contributed by atoms with Gasteiger partial charge in [0.05, 0.1) is 0 Å². The largest absolute Gasteiger partial charge is 0.329 e. The van der Waals surface area contributed by atoms with Crippen molar-refractivity contribution in [3.8, 4) is 0 Å². The van der Waals surface area contributed by atoms with Gasteiger partial charge in [-0.1, -0.05) is 11.6 Å². The molecule has 0 atom stereocenters. The van der Waals surface area contributed by atoms with E-state index in [0.717, 1.165) is 4.57 Å². The van der Waals surface area contributed by atoms with Crippen molar-refractivity contribution in [2.45, 2.75) is 13.5 Å². The maximum absolute atomic E-state index is 11.0. The van der Waals surface area contributed by atoms with E-state index >= 15 is 0 Å². The Bertz CT molecular complexity index is 334. The highest BCUT2D eigenvalue weighted by Crippen LogP contribution is 1.92. The molecular formula is C6H7ClN2O2. The summed E-state index contributed by atoms with van der Waals surface area (Å²) in [4.78, 5) is 24.2. The number of halogens is 1. The van der Waals surface area contributed by atoms with Gasteiger partial charge >= 0.3 is 5.69 Å². The van der Waals surface area contributed by atoms with Crippen molar-refractivity contribution in [1.29, 1.82) is 0 Å². The van der Waals surface area contributed by atoms with Gasteiger partial charge in [0, 0.05) is 12.6 Å². The van der Waals surface area contributed by atoms with Gasteiger partial charge in [0.1, 0.15) is 5.15 Å². The maximum atomic E-state index is 11.0. The fourth-order valence-corrected chi connectivity index (χ4v) is 0.966. The Labute approximate surface area is 67.4 Å². The molecule has 5 heteroatoms. The summed E-state index contributed by atoms with van der Waals surface area (Å²) in [5.74, 6) is 0. The summed E-state index contributed by atoms with van der Waals surface area (Å²) in [6.45, 7) is 2.07. The van der Waals surface area contributed by atoms with Crippen molar-refractivity contribution in [3.05, 3.63) is 32.1 Å². The summed E-state index contributed by atoms with van der Waals surface area (Å²) < 4.78 is 1.06. The fraction of sp³-hybridized carbons (Fsp3) is 0.333. The van der Waals surface area contributed by atoms with Crippen molar-refractivity contribution >= 4 is 11.6 Å². The molecule has 0 saturated carbocycles. The molecule has 0 aliphatic heterocycles. The Morgan fingerprint density at radius 3 is 2.73 bits per heavy atom. The lowest BCUT2D eigenvalue weighted by atomic mass is 10.6. The number of aromatic nitrogens is 2. The van der Waals surface area contributed by atoms with Crippen molar-refractivity contribution in [2.75, 3.05) is 0 Å². The Kier molecular flexibility index (Phi) is 2.14. The van der Waals surface area contributed by atoms with Gasteiger partial charge in [-0.05, 0) is 6.92 Å². The molecule has 1 heterocycles. The Hall–Kier alpha value is -1.03. The van der Waals surface area contributed by atoms with Gasteiger partial charge in [-0.25, -0.2) is 4.79 Å². The van der Waals surface area contributed by atoms with Crippen molar-refractivity contribution in [2.24, 2.45) is 0 Å². The number of aromatic amines is 1. The van der Waals surface area contributed by atoms with E-state index in [1.165, 1.54) is 6.07 Å². The van der Waals surface area contributed by atoms with Crippen LogP contribution in [0.2, 0.25) is 5.15 Å². The molecule has 0 aromatic carbocycles. The number of hydrogen-bond acceptors (Lipinski definition) is 2. The summed E-state index contributed by atoms with van der Waals surface area (Å²) in [5.41, 5.74) is -0.841. The van der Waals surface area contributed by atoms with E-state index in [1.54, 1.807) is 6.92 Å². The lowest BCUT2D eigenvalue weighted by molar-refractivity contribution is 0.673. The topological polar surface area (TPSA) is 54.9 Å². The highest BCUT2D eigenvalue weighted by molar-refractivity contribution is 6.29. The van der Waals surface area contributed by atoms with Crippen LogP contribution >= 0.6 is 11.6 Å². The number of nitrogens with one attached hydrogen (secondary N) is 1. The second kappa shape index (κ2) is 2.92. The van der Waals surface area contributed by atoms with Crippen LogP contribution in [0.3, 0.4) is 0 Å². The van der Waals surface area contributed by atoms with Crippen LogP contribution in [-0.2, 0) is 6.54 Å². The van der Waals surface area contributed by atoms with Gasteiger partial charge in [-0.15, -0.1) is 0 Å². The van der Waals surface area contributed by atoms with E-state index in [-0.39, 0.29) is 10.7 Å². The third-order valence-corrected chi connectivity index (χ3v) is 1.51. The minimum Gasteiger partial charge on any atom is -0.298 e. The third-order valence-electron chi connectivity index (χ3n) is 1.30. The lowest BCUT2D eigenvalue weighted by Crippen LogP contribution is -2.33. The molecule has 1 N–H and O–H groups in total. The van der Waals surface area contributed by atoms with E-state index in [9.17, 15) is 9.59 Å². The van der Waals surface area contributed by atoms with Crippen LogP contribution in [0, 0.1) is 0 Å². The number of H-pyrrole nitrogens is 1. The molecule has 11 heavy (non-hydrogen) atoms. The van der Waals surface area contributed by atoms with Crippen molar-refractivity contribution in [3.63, 3.8) is 0 Å². The first kappa shape index (κ1) is 8.07. The van der Waals surface area contributed by atoms with Crippen LogP contribution in [0.1, 0.15) is 6.92 Å². The zero-order valence-corrected chi connectivity index (χ0v) is 6.68. The summed E-state index contributed by atoms with van der Waals surface area (Å²) in [5, 5.41) is 0.0738. The van der Waals surface area contributed by atoms with E-state index in [1.807, 2.05) is 0 Å². The Morgan fingerprint density at radius 1 is 1.64 bits per heavy atom. The molecule has 0 amide bonds. The predicted octanol–water partition coefficient (Wildman–Crippen LogP) is 0.210. The van der Waals surface area contributed by atoms with Crippen molar-refractivity contribution in [1.82, 2.24) is 9.55 Å². The molecule has 0 bridgehead atoms. The molecule has 0 aliphatic rings. The van der Waals surface area contributed by atoms with Crippen LogP contribution < -0.4 is 11.2 Å². The zero-order valence-electron chi connectivity index (χ0n) is 5.93. The molecule has 0 fully saturated rings. The minimum absolute atomic E-state index is 0.0738. The molecule has 0 saturated heterocycles. The molecule has 0 radical (unpaired) electrons. The second-order valence-corrected chi connectivity index (χ2v) is 2.41.